The number of fused-ring (bicyclic) bond motifs is 1. The van der Waals surface area contributed by atoms with E-state index in [4.69, 9.17) is 5.73 Å². The molecule has 98 valence electrons. The molecule has 19 heavy (non-hydrogen) atoms. The summed E-state index contributed by atoms with van der Waals surface area (Å²) in [5, 5.41) is 8.03. The second kappa shape index (κ2) is 4.72. The van der Waals surface area contributed by atoms with Crippen LogP contribution in [0.4, 0.5) is 5.82 Å². The first kappa shape index (κ1) is 11.7. The van der Waals surface area contributed by atoms with Crippen molar-refractivity contribution in [3.8, 4) is 0 Å². The molecule has 0 amide bonds. The van der Waals surface area contributed by atoms with Crippen LogP contribution in [-0.2, 0) is 13.0 Å². The van der Waals surface area contributed by atoms with Crippen molar-refractivity contribution in [1.82, 2.24) is 24.4 Å². The van der Waals surface area contributed by atoms with Crippen LogP contribution < -0.4 is 5.73 Å². The minimum Gasteiger partial charge on any atom is -0.381 e. The fourth-order valence-corrected chi connectivity index (χ4v) is 2.18. The van der Waals surface area contributed by atoms with Gasteiger partial charge < -0.3 is 10.1 Å². The molecule has 0 radical (unpaired) electrons. The normalized spacial score (nSPS) is 11.2. The van der Waals surface area contributed by atoms with Crippen molar-refractivity contribution in [2.75, 3.05) is 5.73 Å². The number of hydrogen-bond donors (Lipinski definition) is 1. The molecule has 3 aromatic rings. The number of nitrogen functional groups attached to an aromatic ring is 1. The molecule has 0 spiro atoms. The standard InChI is InChI=1S/C13H16N6/c1-2-5-11-13(14)16-17-19(11)9-10-8-18-7-4-3-6-12(18)15-10/h3-4,6-8H,2,5,9,14H2,1H3. The quantitative estimate of drug-likeness (QED) is 0.767. The maximum absolute atomic E-state index is 5.84. The lowest BCUT2D eigenvalue weighted by Gasteiger charge is -2.03. The highest BCUT2D eigenvalue weighted by Gasteiger charge is 2.11. The van der Waals surface area contributed by atoms with Crippen molar-refractivity contribution in [1.29, 1.82) is 0 Å². The average molecular weight is 256 g/mol. The molecule has 6 nitrogen and oxygen atoms in total. The second-order valence-electron chi connectivity index (χ2n) is 4.53. The molecule has 0 aliphatic carbocycles. The zero-order chi connectivity index (χ0) is 13.2. The van der Waals surface area contributed by atoms with Gasteiger partial charge in [-0.3, -0.25) is 0 Å². The third-order valence-electron chi connectivity index (χ3n) is 3.08. The van der Waals surface area contributed by atoms with Crippen LogP contribution in [0.1, 0.15) is 24.7 Å². The van der Waals surface area contributed by atoms with Gasteiger partial charge in [-0.1, -0.05) is 24.6 Å². The Balaban J connectivity index is 1.92. The fourth-order valence-electron chi connectivity index (χ4n) is 2.18. The highest BCUT2D eigenvalue weighted by molar-refractivity contribution is 5.39. The smallest absolute Gasteiger partial charge is 0.169 e. The van der Waals surface area contributed by atoms with Crippen LogP contribution in [0.5, 0.6) is 0 Å². The number of anilines is 1. The molecule has 0 unspecified atom stereocenters. The first-order valence-electron chi connectivity index (χ1n) is 6.38. The van der Waals surface area contributed by atoms with Crippen molar-refractivity contribution in [3.63, 3.8) is 0 Å². The highest BCUT2D eigenvalue weighted by Crippen LogP contribution is 2.12. The van der Waals surface area contributed by atoms with Crippen molar-refractivity contribution in [2.45, 2.75) is 26.3 Å². The van der Waals surface area contributed by atoms with Crippen LogP contribution in [0.2, 0.25) is 0 Å². The molecule has 0 fully saturated rings. The summed E-state index contributed by atoms with van der Waals surface area (Å²) in [5.41, 5.74) is 8.71. The Kier molecular flexibility index (Phi) is 2.91. The first-order valence-corrected chi connectivity index (χ1v) is 6.38. The molecular weight excluding hydrogens is 240 g/mol. The number of hydrogen-bond acceptors (Lipinski definition) is 4. The number of nitrogens with two attached hydrogens (primary N) is 1. The van der Waals surface area contributed by atoms with Crippen LogP contribution in [0, 0.1) is 0 Å². The number of pyridine rings is 1. The van der Waals surface area contributed by atoms with Crippen molar-refractivity contribution in [2.24, 2.45) is 0 Å². The van der Waals surface area contributed by atoms with E-state index in [0.29, 0.717) is 12.4 Å². The summed E-state index contributed by atoms with van der Waals surface area (Å²) in [6.45, 7) is 2.71. The monoisotopic (exact) mass is 256 g/mol. The topological polar surface area (TPSA) is 74.0 Å². The summed E-state index contributed by atoms with van der Waals surface area (Å²) in [5.74, 6) is 0.519. The highest BCUT2D eigenvalue weighted by atomic mass is 15.4. The summed E-state index contributed by atoms with van der Waals surface area (Å²) < 4.78 is 3.83. The lowest BCUT2D eigenvalue weighted by Crippen LogP contribution is -2.07. The van der Waals surface area contributed by atoms with Crippen molar-refractivity contribution in [3.05, 3.63) is 42.0 Å². The Morgan fingerprint density at radius 2 is 2.21 bits per heavy atom. The predicted molar refractivity (Wildman–Crippen MR) is 72.7 cm³/mol. The SMILES string of the molecule is CCCc1c(N)nnn1Cc1cn2ccccc2n1. The number of imidazole rings is 1. The van der Waals surface area contributed by atoms with Crippen LogP contribution in [0.3, 0.4) is 0 Å². The Bertz CT molecular complexity index is 663. The maximum Gasteiger partial charge on any atom is 0.169 e. The summed E-state index contributed by atoms with van der Waals surface area (Å²) >= 11 is 0. The van der Waals surface area contributed by atoms with E-state index in [-0.39, 0.29) is 0 Å². The number of aromatic nitrogens is 5. The molecule has 0 atom stereocenters. The molecular formula is C13H16N6. The minimum atomic E-state index is 0.519. The van der Waals surface area contributed by atoms with Gasteiger partial charge in [-0.15, -0.1) is 5.10 Å². The van der Waals surface area contributed by atoms with Crippen molar-refractivity contribution >= 4 is 11.5 Å². The molecule has 3 heterocycles. The number of nitrogens with zero attached hydrogens (tertiary/aromatic N) is 5. The second-order valence-corrected chi connectivity index (χ2v) is 4.53. The van der Waals surface area contributed by atoms with Gasteiger partial charge in [0.25, 0.3) is 0 Å². The van der Waals surface area contributed by atoms with Crippen LogP contribution in [0.15, 0.2) is 30.6 Å². The van der Waals surface area contributed by atoms with Gasteiger partial charge in [0, 0.05) is 12.4 Å². The lowest BCUT2D eigenvalue weighted by atomic mass is 10.2. The molecule has 0 aliphatic heterocycles. The first-order chi connectivity index (χ1) is 9.28. The Hall–Kier alpha value is -2.37. The lowest BCUT2D eigenvalue weighted by molar-refractivity contribution is 0.606. The zero-order valence-corrected chi connectivity index (χ0v) is 10.8. The molecule has 2 N–H and O–H groups in total. The van der Waals surface area contributed by atoms with Crippen LogP contribution in [0.25, 0.3) is 5.65 Å². The molecule has 3 rings (SSSR count). The van der Waals surface area contributed by atoms with E-state index >= 15 is 0 Å². The van der Waals surface area contributed by atoms with E-state index in [9.17, 15) is 0 Å². The number of rotatable bonds is 4. The minimum absolute atomic E-state index is 0.519. The summed E-state index contributed by atoms with van der Waals surface area (Å²) in [6.07, 6.45) is 5.88. The third kappa shape index (κ3) is 2.16. The van der Waals surface area contributed by atoms with Crippen molar-refractivity contribution < 1.29 is 0 Å². The molecule has 0 saturated heterocycles. The average Bonchev–Trinajstić information content (AvgIpc) is 2.96. The Morgan fingerprint density at radius 1 is 1.32 bits per heavy atom. The molecule has 3 aromatic heterocycles. The van der Waals surface area contributed by atoms with Gasteiger partial charge in [0.2, 0.25) is 0 Å². The Morgan fingerprint density at radius 3 is 3.00 bits per heavy atom. The van der Waals surface area contributed by atoms with Gasteiger partial charge in [-0.05, 0) is 18.6 Å². The van der Waals surface area contributed by atoms with E-state index in [1.807, 2.05) is 39.7 Å². The zero-order valence-electron chi connectivity index (χ0n) is 10.8. The van der Waals surface area contributed by atoms with E-state index in [2.05, 4.69) is 22.2 Å². The van der Waals surface area contributed by atoms with Gasteiger partial charge in [0.1, 0.15) is 5.65 Å². The van der Waals surface area contributed by atoms with Crippen LogP contribution >= 0.6 is 0 Å². The summed E-state index contributed by atoms with van der Waals surface area (Å²) in [7, 11) is 0. The molecule has 0 aromatic carbocycles. The van der Waals surface area contributed by atoms with Gasteiger partial charge >= 0.3 is 0 Å². The van der Waals surface area contributed by atoms with E-state index < -0.39 is 0 Å². The van der Waals surface area contributed by atoms with Gasteiger partial charge in [-0.2, -0.15) is 0 Å². The van der Waals surface area contributed by atoms with E-state index in [1.165, 1.54) is 0 Å². The van der Waals surface area contributed by atoms with Gasteiger partial charge in [0.15, 0.2) is 5.82 Å². The van der Waals surface area contributed by atoms with E-state index in [1.54, 1.807) is 0 Å². The summed E-state index contributed by atoms with van der Waals surface area (Å²) in [6, 6.07) is 5.93. The Labute approximate surface area is 110 Å². The maximum atomic E-state index is 5.84. The summed E-state index contributed by atoms with van der Waals surface area (Å²) in [4.78, 5) is 4.55. The van der Waals surface area contributed by atoms with Gasteiger partial charge in [-0.25, -0.2) is 9.67 Å². The largest absolute Gasteiger partial charge is 0.381 e. The van der Waals surface area contributed by atoms with Gasteiger partial charge in [0.05, 0.1) is 17.9 Å². The third-order valence-corrected chi connectivity index (χ3v) is 3.08. The molecule has 6 heteroatoms. The molecule has 0 bridgehead atoms. The van der Waals surface area contributed by atoms with E-state index in [0.717, 1.165) is 29.9 Å². The molecule has 0 aliphatic rings. The molecule has 0 saturated carbocycles. The predicted octanol–water partition coefficient (Wildman–Crippen LogP) is 1.51. The fraction of sp³-hybridized carbons (Fsp3) is 0.308. The van der Waals surface area contributed by atoms with Crippen LogP contribution in [-0.4, -0.2) is 24.4 Å².